The van der Waals surface area contributed by atoms with Crippen LogP contribution in [0.15, 0.2) is 41.3 Å². The van der Waals surface area contributed by atoms with Crippen molar-refractivity contribution < 1.29 is 13.9 Å². The van der Waals surface area contributed by atoms with Crippen LogP contribution in [0.25, 0.3) is 0 Å². The number of aryl methyl sites for hydroxylation is 2. The number of halogens is 2. The van der Waals surface area contributed by atoms with Crippen molar-refractivity contribution in [1.82, 2.24) is 0 Å². The number of aliphatic hydroxyl groups excluding tert-OH is 1. The Bertz CT molecular complexity index is 613. The molecule has 1 N–H and O–H groups in total. The Labute approximate surface area is 121 Å². The van der Waals surface area contributed by atoms with Gasteiger partial charge in [0.25, 0.3) is 0 Å². The average molecular weight is 294 g/mol. The third-order valence-corrected chi connectivity index (χ3v) is 4.41. The molecule has 0 saturated carbocycles. The van der Waals surface area contributed by atoms with E-state index in [0.29, 0.717) is 0 Å². The summed E-state index contributed by atoms with van der Waals surface area (Å²) in [5.41, 5.74) is 1.35. The summed E-state index contributed by atoms with van der Waals surface area (Å²) in [5, 5.41) is 10.0. The van der Waals surface area contributed by atoms with E-state index in [2.05, 4.69) is 0 Å². The first kappa shape index (κ1) is 15.0. The van der Waals surface area contributed by atoms with E-state index in [-0.39, 0.29) is 16.9 Å². The van der Waals surface area contributed by atoms with Crippen LogP contribution < -0.4 is 0 Å². The van der Waals surface area contributed by atoms with Crippen LogP contribution in [0.3, 0.4) is 0 Å². The molecule has 0 fully saturated rings. The average Bonchev–Trinajstić information content (AvgIpc) is 2.44. The Hall–Kier alpha value is -1.39. The topological polar surface area (TPSA) is 20.2 Å². The van der Waals surface area contributed by atoms with Gasteiger partial charge in [0.15, 0.2) is 11.6 Å². The molecule has 2 rings (SSSR count). The van der Waals surface area contributed by atoms with E-state index in [4.69, 9.17) is 0 Å². The molecule has 0 aliphatic heterocycles. The predicted molar refractivity (Wildman–Crippen MR) is 78.0 cm³/mol. The fraction of sp³-hybridized carbons (Fsp3) is 0.250. The lowest BCUT2D eigenvalue weighted by atomic mass is 10.1. The third-order valence-electron chi connectivity index (χ3n) is 3.15. The summed E-state index contributed by atoms with van der Waals surface area (Å²) in [4.78, 5) is 1.03. The Morgan fingerprint density at radius 2 is 1.70 bits per heavy atom. The number of thioether (sulfide) groups is 1. The maximum Gasteiger partial charge on any atom is 0.164 e. The minimum atomic E-state index is -1.03. The molecule has 1 atom stereocenters. The number of aliphatic hydroxyl groups is 1. The van der Waals surface area contributed by atoms with Crippen LogP contribution in [-0.4, -0.2) is 10.9 Å². The molecule has 1 unspecified atom stereocenters. The molecule has 0 aliphatic carbocycles. The molecule has 0 aliphatic rings. The van der Waals surface area contributed by atoms with Crippen LogP contribution in [0.1, 0.15) is 22.8 Å². The SMILES string of the molecule is Cc1ccccc1SCC(O)c1ccc(C)c(F)c1F. The van der Waals surface area contributed by atoms with Crippen molar-refractivity contribution in [1.29, 1.82) is 0 Å². The third kappa shape index (κ3) is 3.19. The van der Waals surface area contributed by atoms with E-state index in [9.17, 15) is 13.9 Å². The molecule has 2 aromatic carbocycles. The normalized spacial score (nSPS) is 12.4. The van der Waals surface area contributed by atoms with E-state index in [1.807, 2.05) is 31.2 Å². The van der Waals surface area contributed by atoms with Gasteiger partial charge in [-0.2, -0.15) is 0 Å². The monoisotopic (exact) mass is 294 g/mol. The van der Waals surface area contributed by atoms with Gasteiger partial charge in [-0.3, -0.25) is 0 Å². The summed E-state index contributed by atoms with van der Waals surface area (Å²) in [7, 11) is 0. The van der Waals surface area contributed by atoms with Gasteiger partial charge in [-0.15, -0.1) is 11.8 Å². The smallest absolute Gasteiger partial charge is 0.164 e. The summed E-state index contributed by atoms with van der Waals surface area (Å²) in [6.45, 7) is 3.47. The molecule has 0 saturated heterocycles. The van der Waals surface area contributed by atoms with Gasteiger partial charge in [-0.05, 0) is 31.0 Å². The van der Waals surface area contributed by atoms with Crippen LogP contribution in [0.4, 0.5) is 8.78 Å². The fourth-order valence-corrected chi connectivity index (χ4v) is 2.88. The van der Waals surface area contributed by atoms with Crippen molar-refractivity contribution in [3.8, 4) is 0 Å². The number of benzene rings is 2. The van der Waals surface area contributed by atoms with E-state index >= 15 is 0 Å². The van der Waals surface area contributed by atoms with Crippen molar-refractivity contribution in [3.63, 3.8) is 0 Å². The van der Waals surface area contributed by atoms with Crippen LogP contribution >= 0.6 is 11.8 Å². The Morgan fingerprint density at radius 1 is 1.00 bits per heavy atom. The van der Waals surface area contributed by atoms with Crippen molar-refractivity contribution in [2.75, 3.05) is 5.75 Å². The van der Waals surface area contributed by atoms with Crippen LogP contribution in [0.2, 0.25) is 0 Å². The molecule has 0 aromatic heterocycles. The number of rotatable bonds is 4. The molecular formula is C16H16F2OS. The van der Waals surface area contributed by atoms with Gasteiger partial charge >= 0.3 is 0 Å². The maximum atomic E-state index is 13.8. The zero-order valence-corrected chi connectivity index (χ0v) is 12.2. The molecule has 0 bridgehead atoms. The highest BCUT2D eigenvalue weighted by Gasteiger charge is 2.18. The summed E-state index contributed by atoms with van der Waals surface area (Å²) in [6, 6.07) is 10.7. The highest BCUT2D eigenvalue weighted by atomic mass is 32.2. The van der Waals surface area contributed by atoms with Crippen LogP contribution in [0.5, 0.6) is 0 Å². The first-order chi connectivity index (χ1) is 9.50. The van der Waals surface area contributed by atoms with Gasteiger partial charge in [0, 0.05) is 16.2 Å². The Kier molecular flexibility index (Phi) is 4.78. The number of hydrogen-bond donors (Lipinski definition) is 1. The molecule has 0 spiro atoms. The fourth-order valence-electron chi connectivity index (χ4n) is 1.90. The van der Waals surface area contributed by atoms with Crippen LogP contribution in [0, 0.1) is 25.5 Å². The quantitative estimate of drug-likeness (QED) is 0.843. The lowest BCUT2D eigenvalue weighted by Crippen LogP contribution is -2.06. The van der Waals surface area contributed by atoms with E-state index in [0.717, 1.165) is 10.5 Å². The molecule has 4 heteroatoms. The maximum absolute atomic E-state index is 13.8. The molecule has 20 heavy (non-hydrogen) atoms. The van der Waals surface area contributed by atoms with Crippen molar-refractivity contribution in [3.05, 3.63) is 64.7 Å². The van der Waals surface area contributed by atoms with Gasteiger partial charge in [0.05, 0.1) is 6.10 Å². The van der Waals surface area contributed by atoms with Gasteiger partial charge in [-0.25, -0.2) is 8.78 Å². The molecule has 2 aromatic rings. The van der Waals surface area contributed by atoms with E-state index in [1.54, 1.807) is 0 Å². The summed E-state index contributed by atoms with van der Waals surface area (Å²) >= 11 is 1.43. The largest absolute Gasteiger partial charge is 0.387 e. The van der Waals surface area contributed by atoms with E-state index < -0.39 is 17.7 Å². The highest BCUT2D eigenvalue weighted by molar-refractivity contribution is 7.99. The molecular weight excluding hydrogens is 278 g/mol. The zero-order valence-electron chi connectivity index (χ0n) is 11.4. The summed E-state index contributed by atoms with van der Waals surface area (Å²) in [5.74, 6) is -1.56. The highest BCUT2D eigenvalue weighted by Crippen LogP contribution is 2.29. The van der Waals surface area contributed by atoms with Gasteiger partial charge < -0.3 is 5.11 Å². The first-order valence-electron chi connectivity index (χ1n) is 6.31. The summed E-state index contributed by atoms with van der Waals surface area (Å²) < 4.78 is 27.3. The Morgan fingerprint density at radius 3 is 2.40 bits per heavy atom. The second kappa shape index (κ2) is 6.37. The molecule has 0 radical (unpaired) electrons. The minimum Gasteiger partial charge on any atom is -0.387 e. The molecule has 0 heterocycles. The second-order valence-electron chi connectivity index (χ2n) is 4.69. The Balaban J connectivity index is 2.11. The minimum absolute atomic E-state index is 0.00850. The van der Waals surface area contributed by atoms with Gasteiger partial charge in [-0.1, -0.05) is 30.3 Å². The number of hydrogen-bond acceptors (Lipinski definition) is 2. The van der Waals surface area contributed by atoms with Gasteiger partial charge in [0.2, 0.25) is 0 Å². The van der Waals surface area contributed by atoms with Crippen molar-refractivity contribution in [2.45, 2.75) is 24.8 Å². The molecule has 1 nitrogen and oxygen atoms in total. The molecule has 0 amide bonds. The lowest BCUT2D eigenvalue weighted by Gasteiger charge is -2.13. The van der Waals surface area contributed by atoms with Crippen molar-refractivity contribution >= 4 is 11.8 Å². The molecule has 106 valence electrons. The predicted octanol–water partition coefficient (Wildman–Crippen LogP) is 4.41. The van der Waals surface area contributed by atoms with E-state index in [1.165, 1.54) is 30.8 Å². The lowest BCUT2D eigenvalue weighted by molar-refractivity contribution is 0.197. The van der Waals surface area contributed by atoms with Gasteiger partial charge in [0.1, 0.15) is 0 Å². The van der Waals surface area contributed by atoms with Crippen molar-refractivity contribution in [2.24, 2.45) is 0 Å². The standard InChI is InChI=1S/C16H16F2OS/c1-10-5-3-4-6-14(10)20-9-13(19)12-8-7-11(2)15(17)16(12)18/h3-8,13,19H,9H2,1-2H3. The first-order valence-corrected chi connectivity index (χ1v) is 7.30. The second-order valence-corrected chi connectivity index (χ2v) is 5.75. The summed E-state index contributed by atoms with van der Waals surface area (Å²) in [6.07, 6.45) is -1.03. The zero-order chi connectivity index (χ0) is 14.7. The van der Waals surface area contributed by atoms with Crippen LogP contribution in [-0.2, 0) is 0 Å².